The number of hydrogen-bond acceptors (Lipinski definition) is 2. The predicted molar refractivity (Wildman–Crippen MR) is 74.2 cm³/mol. The molecule has 0 saturated carbocycles. The number of carbonyl (C=O) groups excluding carboxylic acids is 1. The zero-order valence-corrected chi connectivity index (χ0v) is 11.7. The van der Waals surface area contributed by atoms with Gasteiger partial charge in [-0.1, -0.05) is 31.5 Å². The van der Waals surface area contributed by atoms with E-state index in [4.69, 9.17) is 11.6 Å². The molecule has 1 aromatic rings. The molecule has 94 valence electrons. The van der Waals surface area contributed by atoms with Crippen molar-refractivity contribution in [2.75, 3.05) is 11.9 Å². The minimum atomic E-state index is 0.382. The molecule has 0 bridgehead atoms. The molecule has 17 heavy (non-hydrogen) atoms. The van der Waals surface area contributed by atoms with E-state index in [9.17, 15) is 4.79 Å². The molecule has 0 saturated heterocycles. The molecule has 0 amide bonds. The van der Waals surface area contributed by atoms with Crippen molar-refractivity contribution in [2.45, 2.75) is 33.2 Å². The molecule has 3 heteroatoms. The number of halogens is 1. The lowest BCUT2D eigenvalue weighted by Gasteiger charge is -2.29. The molecule has 0 radical (unpaired) electrons. The molecule has 0 aromatic heterocycles. The Bertz CT molecular complexity index is 390. The van der Waals surface area contributed by atoms with Crippen LogP contribution in [0.25, 0.3) is 0 Å². The molecule has 0 aliphatic carbocycles. The summed E-state index contributed by atoms with van der Waals surface area (Å²) in [4.78, 5) is 13.2. The maximum atomic E-state index is 11.1. The first-order chi connectivity index (χ1) is 7.97. The number of hydrogen-bond donors (Lipinski definition) is 0. The fourth-order valence-corrected chi connectivity index (χ4v) is 2.24. The van der Waals surface area contributed by atoms with Gasteiger partial charge in [0.15, 0.2) is 6.29 Å². The molecular formula is C14H20ClNO. The van der Waals surface area contributed by atoms with Crippen molar-refractivity contribution in [1.29, 1.82) is 0 Å². The Labute approximate surface area is 109 Å². The summed E-state index contributed by atoms with van der Waals surface area (Å²) < 4.78 is 0. The second kappa shape index (κ2) is 6.06. The van der Waals surface area contributed by atoms with E-state index in [2.05, 4.69) is 25.7 Å². The zero-order chi connectivity index (χ0) is 13.0. The van der Waals surface area contributed by atoms with Crippen molar-refractivity contribution >= 4 is 23.6 Å². The van der Waals surface area contributed by atoms with Crippen molar-refractivity contribution in [3.63, 3.8) is 0 Å². The molecule has 1 rings (SSSR count). The summed E-state index contributed by atoms with van der Waals surface area (Å²) in [6, 6.07) is 5.94. The average molecular weight is 254 g/mol. The smallest absolute Gasteiger partial charge is 0.153 e. The molecule has 2 nitrogen and oxygen atoms in total. The molecular weight excluding hydrogens is 234 g/mol. The fraction of sp³-hybridized carbons (Fsp3) is 0.500. The highest BCUT2D eigenvalue weighted by Gasteiger charge is 2.16. The van der Waals surface area contributed by atoms with Crippen molar-refractivity contribution in [1.82, 2.24) is 0 Å². The predicted octanol–water partition coefficient (Wildman–Crippen LogP) is 4.02. The maximum Gasteiger partial charge on any atom is 0.153 e. The van der Waals surface area contributed by atoms with Gasteiger partial charge in [0.25, 0.3) is 0 Å². The van der Waals surface area contributed by atoms with Crippen molar-refractivity contribution in [3.05, 3.63) is 28.8 Å². The summed E-state index contributed by atoms with van der Waals surface area (Å²) >= 11 is 6.03. The average Bonchev–Trinajstić information content (AvgIpc) is 2.26. The number of anilines is 1. The van der Waals surface area contributed by atoms with Gasteiger partial charge in [0.05, 0.1) is 10.6 Å². The Morgan fingerprint density at radius 1 is 1.35 bits per heavy atom. The molecule has 0 fully saturated rings. The first-order valence-electron chi connectivity index (χ1n) is 5.93. The van der Waals surface area contributed by atoms with Crippen LogP contribution >= 0.6 is 11.6 Å². The first kappa shape index (κ1) is 14.0. The minimum absolute atomic E-state index is 0.382. The molecule has 0 aliphatic heterocycles. The highest BCUT2D eigenvalue weighted by atomic mass is 35.5. The number of aldehydes is 1. The van der Waals surface area contributed by atoms with Crippen molar-refractivity contribution in [3.8, 4) is 0 Å². The highest BCUT2D eigenvalue weighted by molar-refractivity contribution is 6.33. The number of carbonyl (C=O) groups is 1. The van der Waals surface area contributed by atoms with Crippen molar-refractivity contribution < 1.29 is 4.79 Å². The van der Waals surface area contributed by atoms with E-state index in [1.165, 1.54) is 0 Å². The largest absolute Gasteiger partial charge is 0.371 e. The lowest BCUT2D eigenvalue weighted by atomic mass is 10.0. The first-order valence-corrected chi connectivity index (χ1v) is 6.31. The Morgan fingerprint density at radius 2 is 2.00 bits per heavy atom. The van der Waals surface area contributed by atoms with Gasteiger partial charge in [0.1, 0.15) is 0 Å². The van der Waals surface area contributed by atoms with Gasteiger partial charge >= 0.3 is 0 Å². The lowest BCUT2D eigenvalue weighted by Crippen LogP contribution is -2.30. The highest BCUT2D eigenvalue weighted by Crippen LogP contribution is 2.27. The zero-order valence-electron chi connectivity index (χ0n) is 10.9. The molecule has 1 atom stereocenters. The van der Waals surface area contributed by atoms with E-state index < -0.39 is 0 Å². The number of rotatable bonds is 5. The van der Waals surface area contributed by atoms with Crippen LogP contribution in [0.4, 0.5) is 5.69 Å². The summed E-state index contributed by atoms with van der Waals surface area (Å²) in [6.07, 6.45) is 1.91. The van der Waals surface area contributed by atoms with Gasteiger partial charge < -0.3 is 4.90 Å². The van der Waals surface area contributed by atoms with Crippen LogP contribution in [0.3, 0.4) is 0 Å². The van der Waals surface area contributed by atoms with Crippen LogP contribution in [0.5, 0.6) is 0 Å². The SMILES string of the molecule is CC(C)CC(C)N(C)c1cccc(Cl)c1C=O. The van der Waals surface area contributed by atoms with Gasteiger partial charge in [0, 0.05) is 18.8 Å². The summed E-state index contributed by atoms with van der Waals surface area (Å²) in [5.41, 5.74) is 1.48. The maximum absolute atomic E-state index is 11.1. The van der Waals surface area contributed by atoms with Crippen LogP contribution in [-0.4, -0.2) is 19.4 Å². The Hall–Kier alpha value is -1.02. The van der Waals surface area contributed by atoms with Gasteiger partial charge in [-0.05, 0) is 31.4 Å². The third-order valence-corrected chi connectivity index (χ3v) is 3.33. The van der Waals surface area contributed by atoms with Gasteiger partial charge in [0.2, 0.25) is 0 Å². The van der Waals surface area contributed by atoms with Crippen LogP contribution < -0.4 is 4.90 Å². The Balaban J connectivity index is 2.99. The van der Waals surface area contributed by atoms with Gasteiger partial charge in [-0.25, -0.2) is 0 Å². The molecule has 0 heterocycles. The summed E-state index contributed by atoms with van der Waals surface area (Å²) in [5.74, 6) is 0.631. The number of benzene rings is 1. The molecule has 0 aliphatic rings. The van der Waals surface area contributed by atoms with Crippen LogP contribution in [0.2, 0.25) is 5.02 Å². The molecule has 1 unspecified atom stereocenters. The topological polar surface area (TPSA) is 20.3 Å². The number of nitrogens with zero attached hydrogens (tertiary/aromatic N) is 1. The van der Waals surface area contributed by atoms with E-state index in [1.807, 2.05) is 19.2 Å². The molecule has 1 aromatic carbocycles. The van der Waals surface area contributed by atoms with Crippen LogP contribution in [0, 0.1) is 5.92 Å². The third-order valence-electron chi connectivity index (χ3n) is 3.00. The second-order valence-electron chi connectivity index (χ2n) is 4.88. The summed E-state index contributed by atoms with van der Waals surface area (Å²) in [5, 5.41) is 0.515. The van der Waals surface area contributed by atoms with E-state index >= 15 is 0 Å². The van der Waals surface area contributed by atoms with Gasteiger partial charge in [-0.15, -0.1) is 0 Å². The monoisotopic (exact) mass is 253 g/mol. The van der Waals surface area contributed by atoms with E-state index in [0.717, 1.165) is 18.4 Å². The van der Waals surface area contributed by atoms with E-state index in [1.54, 1.807) is 6.07 Å². The van der Waals surface area contributed by atoms with E-state index in [-0.39, 0.29) is 0 Å². The molecule has 0 N–H and O–H groups in total. The van der Waals surface area contributed by atoms with E-state index in [0.29, 0.717) is 22.5 Å². The summed E-state index contributed by atoms with van der Waals surface area (Å²) in [7, 11) is 2.01. The van der Waals surface area contributed by atoms with Crippen LogP contribution in [0.15, 0.2) is 18.2 Å². The Morgan fingerprint density at radius 3 is 2.53 bits per heavy atom. The minimum Gasteiger partial charge on any atom is -0.371 e. The van der Waals surface area contributed by atoms with Gasteiger partial charge in [-0.3, -0.25) is 4.79 Å². The summed E-state index contributed by atoms with van der Waals surface area (Å²) in [6.45, 7) is 6.56. The lowest BCUT2D eigenvalue weighted by molar-refractivity contribution is 0.112. The van der Waals surface area contributed by atoms with Crippen molar-refractivity contribution in [2.24, 2.45) is 5.92 Å². The van der Waals surface area contributed by atoms with Crippen LogP contribution in [0.1, 0.15) is 37.6 Å². The van der Waals surface area contributed by atoms with Gasteiger partial charge in [-0.2, -0.15) is 0 Å². The fourth-order valence-electron chi connectivity index (χ4n) is 2.03. The quantitative estimate of drug-likeness (QED) is 0.739. The standard InChI is InChI=1S/C14H20ClNO/c1-10(2)8-11(3)16(4)14-7-5-6-13(15)12(14)9-17/h5-7,9-11H,8H2,1-4H3. The van der Waals surface area contributed by atoms with Crippen LogP contribution in [-0.2, 0) is 0 Å². The Kier molecular flexibility index (Phi) is 5.01. The molecule has 0 spiro atoms. The third kappa shape index (κ3) is 3.47. The normalized spacial score (nSPS) is 12.6. The second-order valence-corrected chi connectivity index (χ2v) is 5.29.